The number of hydrogen-bond donors (Lipinski definition) is 3. The summed E-state index contributed by atoms with van der Waals surface area (Å²) in [5.41, 5.74) is 2.91. The number of benzene rings is 1. The van der Waals surface area contributed by atoms with Gasteiger partial charge in [-0.15, -0.1) is 0 Å². The summed E-state index contributed by atoms with van der Waals surface area (Å²) in [4.78, 5) is 30.8. The zero-order valence-corrected chi connectivity index (χ0v) is 8.84. The highest BCUT2D eigenvalue weighted by Gasteiger charge is 2.23. The van der Waals surface area contributed by atoms with E-state index in [1.807, 2.05) is 0 Å². The van der Waals surface area contributed by atoms with Crippen LogP contribution in [0, 0.1) is 15.9 Å². The number of carboxylic acid groups (broad SMARTS) is 1. The molecular formula is C9H8FN3O5. The molecule has 96 valence electrons. The molecule has 0 radical (unpaired) electrons. The Bertz CT molecular complexity index is 531. The minimum atomic E-state index is -1.58. The number of carbonyl (C=O) groups excluding carboxylic acids is 1. The molecule has 1 amide bonds. The van der Waals surface area contributed by atoms with Gasteiger partial charge in [0.25, 0.3) is 5.69 Å². The second kappa shape index (κ2) is 5.08. The van der Waals surface area contributed by atoms with E-state index in [2.05, 4.69) is 5.32 Å². The number of rotatable bonds is 5. The van der Waals surface area contributed by atoms with Crippen molar-refractivity contribution in [3.63, 3.8) is 0 Å². The maximum absolute atomic E-state index is 13.4. The minimum absolute atomic E-state index is 0.350. The van der Waals surface area contributed by atoms with Crippen LogP contribution in [0.3, 0.4) is 0 Å². The summed E-state index contributed by atoms with van der Waals surface area (Å²) in [6, 6.07) is 1.20. The van der Waals surface area contributed by atoms with Crippen LogP contribution in [0.25, 0.3) is 0 Å². The van der Waals surface area contributed by atoms with Gasteiger partial charge in [-0.25, -0.2) is 9.18 Å². The first-order chi connectivity index (χ1) is 8.32. The van der Waals surface area contributed by atoms with E-state index in [1.54, 1.807) is 0 Å². The third-order valence-corrected chi connectivity index (χ3v) is 1.97. The number of amides is 1. The number of halogens is 1. The number of nitrogens with zero attached hydrogens (tertiary/aromatic N) is 1. The van der Waals surface area contributed by atoms with Gasteiger partial charge < -0.3 is 16.2 Å². The predicted molar refractivity (Wildman–Crippen MR) is 57.7 cm³/mol. The van der Waals surface area contributed by atoms with Crippen molar-refractivity contribution >= 4 is 23.3 Å². The number of aromatic carboxylic acids is 1. The van der Waals surface area contributed by atoms with Gasteiger partial charge in [-0.1, -0.05) is 0 Å². The Hall–Kier alpha value is -2.71. The molecular weight excluding hydrogens is 249 g/mol. The smallest absolute Gasteiger partial charge is 0.342 e. The normalized spacial score (nSPS) is 9.83. The van der Waals surface area contributed by atoms with Crippen LogP contribution >= 0.6 is 0 Å². The van der Waals surface area contributed by atoms with Gasteiger partial charge in [-0.05, 0) is 6.07 Å². The monoisotopic (exact) mass is 257 g/mol. The second-order valence-electron chi connectivity index (χ2n) is 3.23. The lowest BCUT2D eigenvalue weighted by Gasteiger charge is -2.07. The first-order valence-corrected chi connectivity index (χ1v) is 4.56. The number of carbonyl (C=O) groups is 2. The number of nitrogens with two attached hydrogens (primary N) is 1. The molecule has 9 heteroatoms. The number of nitro benzene ring substituents is 1. The molecule has 8 nitrogen and oxygen atoms in total. The van der Waals surface area contributed by atoms with Crippen LogP contribution < -0.4 is 11.1 Å². The molecule has 0 fully saturated rings. The maximum atomic E-state index is 13.4. The molecule has 1 aromatic carbocycles. The fraction of sp³-hybridized carbons (Fsp3) is 0.111. The van der Waals surface area contributed by atoms with Crippen LogP contribution in [0.15, 0.2) is 12.1 Å². The van der Waals surface area contributed by atoms with E-state index < -0.39 is 40.4 Å². The molecule has 0 unspecified atom stereocenters. The Morgan fingerprint density at radius 1 is 1.50 bits per heavy atom. The van der Waals surface area contributed by atoms with E-state index in [9.17, 15) is 24.1 Å². The Morgan fingerprint density at radius 3 is 2.56 bits per heavy atom. The van der Waals surface area contributed by atoms with Crippen molar-refractivity contribution in [2.75, 3.05) is 11.9 Å². The van der Waals surface area contributed by atoms with Crippen LogP contribution in [0.1, 0.15) is 10.4 Å². The lowest BCUT2D eigenvalue weighted by atomic mass is 10.1. The lowest BCUT2D eigenvalue weighted by Crippen LogP contribution is -2.22. The SMILES string of the molecule is NC(=O)CNc1cc(C(=O)O)c([N+](=O)[O-])cc1F. The van der Waals surface area contributed by atoms with Crippen molar-refractivity contribution in [1.29, 1.82) is 0 Å². The minimum Gasteiger partial charge on any atom is -0.477 e. The van der Waals surface area contributed by atoms with Gasteiger partial charge in [0.05, 0.1) is 23.2 Å². The largest absolute Gasteiger partial charge is 0.477 e. The topological polar surface area (TPSA) is 136 Å². The zero-order valence-electron chi connectivity index (χ0n) is 8.84. The van der Waals surface area contributed by atoms with Gasteiger partial charge in [0.1, 0.15) is 5.56 Å². The summed E-state index contributed by atoms with van der Waals surface area (Å²) in [6.45, 7) is -0.423. The molecule has 0 saturated carbocycles. The van der Waals surface area contributed by atoms with Crippen molar-refractivity contribution in [3.05, 3.63) is 33.6 Å². The summed E-state index contributed by atoms with van der Waals surface area (Å²) in [6.07, 6.45) is 0. The molecule has 0 aromatic heterocycles. The quantitative estimate of drug-likeness (QED) is 0.513. The van der Waals surface area contributed by atoms with Gasteiger partial charge in [0, 0.05) is 0 Å². The Morgan fingerprint density at radius 2 is 2.11 bits per heavy atom. The molecule has 0 atom stereocenters. The number of hydrogen-bond acceptors (Lipinski definition) is 5. The summed E-state index contributed by atoms with van der Waals surface area (Å²) in [7, 11) is 0. The van der Waals surface area contributed by atoms with E-state index in [-0.39, 0.29) is 5.69 Å². The highest BCUT2D eigenvalue weighted by Crippen LogP contribution is 2.26. The van der Waals surface area contributed by atoms with E-state index in [0.717, 1.165) is 6.07 Å². The molecule has 0 aliphatic heterocycles. The van der Waals surface area contributed by atoms with E-state index >= 15 is 0 Å². The van der Waals surface area contributed by atoms with E-state index in [1.165, 1.54) is 0 Å². The molecule has 0 aliphatic rings. The highest BCUT2D eigenvalue weighted by molar-refractivity contribution is 5.94. The summed E-state index contributed by atoms with van der Waals surface area (Å²) in [5, 5.41) is 21.5. The Balaban J connectivity index is 3.23. The second-order valence-corrected chi connectivity index (χ2v) is 3.23. The van der Waals surface area contributed by atoms with Crippen LogP contribution in [0.2, 0.25) is 0 Å². The molecule has 0 bridgehead atoms. The van der Waals surface area contributed by atoms with Crippen molar-refractivity contribution in [2.24, 2.45) is 5.73 Å². The first-order valence-electron chi connectivity index (χ1n) is 4.56. The van der Waals surface area contributed by atoms with Crippen LogP contribution in [0.4, 0.5) is 15.8 Å². The lowest BCUT2D eigenvalue weighted by molar-refractivity contribution is -0.385. The predicted octanol–water partition coefficient (Wildman–Crippen LogP) is 0.329. The number of anilines is 1. The van der Waals surface area contributed by atoms with Crippen LogP contribution in [-0.2, 0) is 4.79 Å². The van der Waals surface area contributed by atoms with Gasteiger partial charge in [-0.3, -0.25) is 14.9 Å². The number of primary amides is 1. The molecule has 0 aliphatic carbocycles. The Kier molecular flexibility index (Phi) is 3.77. The standard InChI is InChI=1S/C9H8FN3O5/c10-5-2-7(13(17)18)4(9(15)16)1-6(5)12-3-8(11)14/h1-2,12H,3H2,(H2,11,14)(H,15,16). The van der Waals surface area contributed by atoms with Crippen molar-refractivity contribution in [1.82, 2.24) is 0 Å². The molecule has 1 rings (SSSR count). The van der Waals surface area contributed by atoms with E-state index in [4.69, 9.17) is 10.8 Å². The molecule has 18 heavy (non-hydrogen) atoms. The third-order valence-electron chi connectivity index (χ3n) is 1.97. The van der Waals surface area contributed by atoms with Crippen molar-refractivity contribution in [2.45, 2.75) is 0 Å². The number of nitro groups is 1. The fourth-order valence-corrected chi connectivity index (χ4v) is 1.20. The molecule has 0 saturated heterocycles. The van der Waals surface area contributed by atoms with Crippen molar-refractivity contribution < 1.29 is 24.0 Å². The molecule has 0 heterocycles. The molecule has 1 aromatic rings. The highest BCUT2D eigenvalue weighted by atomic mass is 19.1. The van der Waals surface area contributed by atoms with Gasteiger partial charge in [-0.2, -0.15) is 0 Å². The summed E-state index contributed by atoms with van der Waals surface area (Å²) < 4.78 is 13.4. The van der Waals surface area contributed by atoms with E-state index in [0.29, 0.717) is 6.07 Å². The Labute approximate surface area is 99.4 Å². The molecule has 4 N–H and O–H groups in total. The van der Waals surface area contributed by atoms with Crippen molar-refractivity contribution in [3.8, 4) is 0 Å². The van der Waals surface area contributed by atoms with Gasteiger partial charge in [0.2, 0.25) is 5.91 Å². The maximum Gasteiger partial charge on any atom is 0.342 e. The number of nitrogens with one attached hydrogen (secondary N) is 1. The average molecular weight is 257 g/mol. The number of carboxylic acids is 1. The fourth-order valence-electron chi connectivity index (χ4n) is 1.20. The summed E-state index contributed by atoms with van der Waals surface area (Å²) in [5.74, 6) is -3.42. The van der Waals surface area contributed by atoms with Crippen LogP contribution in [0.5, 0.6) is 0 Å². The molecule has 0 spiro atoms. The van der Waals surface area contributed by atoms with Crippen LogP contribution in [-0.4, -0.2) is 28.5 Å². The van der Waals surface area contributed by atoms with Gasteiger partial charge in [0.15, 0.2) is 5.82 Å². The first kappa shape index (κ1) is 13.4. The zero-order chi connectivity index (χ0) is 13.9. The third kappa shape index (κ3) is 2.90. The summed E-state index contributed by atoms with van der Waals surface area (Å²) >= 11 is 0. The average Bonchev–Trinajstić information content (AvgIpc) is 2.26. The van der Waals surface area contributed by atoms with Gasteiger partial charge >= 0.3 is 5.97 Å².